The highest BCUT2D eigenvalue weighted by molar-refractivity contribution is 6.31. The third-order valence-corrected chi connectivity index (χ3v) is 10.5. The predicted octanol–water partition coefficient (Wildman–Crippen LogP) is 8.04. The van der Waals surface area contributed by atoms with Crippen LogP contribution in [0.25, 0.3) is 22.2 Å². The molecule has 0 saturated carbocycles. The molecule has 2 aliphatic rings. The normalized spacial score (nSPS) is 15.8. The van der Waals surface area contributed by atoms with E-state index in [1.807, 2.05) is 70.2 Å². The van der Waals surface area contributed by atoms with Gasteiger partial charge in [0, 0.05) is 48.7 Å². The molecule has 3 heterocycles. The molecule has 11 heteroatoms. The number of carbonyl (C=O) groups excluding carboxylic acids is 1. The summed E-state index contributed by atoms with van der Waals surface area (Å²) < 4.78 is 23.9. The van der Waals surface area contributed by atoms with Crippen LogP contribution >= 0.6 is 11.6 Å². The molecule has 55 heavy (non-hydrogen) atoms. The summed E-state index contributed by atoms with van der Waals surface area (Å²) in [5, 5.41) is 1.57. The van der Waals surface area contributed by atoms with Crippen LogP contribution in [0.4, 0.5) is 5.95 Å². The number of piperazine rings is 1. The first kappa shape index (κ1) is 38.2. The lowest BCUT2D eigenvalue weighted by atomic mass is 9.88. The van der Waals surface area contributed by atoms with Crippen molar-refractivity contribution in [1.29, 1.82) is 0 Å². The fraction of sp³-hybridized carbons (Fsp3) is 0.386. The van der Waals surface area contributed by atoms with Crippen molar-refractivity contribution < 1.29 is 23.7 Å². The Morgan fingerprint density at radius 3 is 2.11 bits per heavy atom. The number of hydrogen-bond acceptors (Lipinski definition) is 9. The molecule has 4 aromatic carbocycles. The molecule has 1 unspecified atom stereocenters. The van der Waals surface area contributed by atoms with Gasteiger partial charge in [-0.15, -0.1) is 0 Å². The molecule has 0 bridgehead atoms. The van der Waals surface area contributed by atoms with Gasteiger partial charge in [0.2, 0.25) is 11.9 Å². The van der Waals surface area contributed by atoms with E-state index in [2.05, 4.69) is 51.1 Å². The quantitative estimate of drug-likeness (QED) is 0.112. The van der Waals surface area contributed by atoms with Crippen molar-refractivity contribution in [2.75, 3.05) is 70.6 Å². The summed E-state index contributed by atoms with van der Waals surface area (Å²) in [6.07, 6.45) is 1.35. The van der Waals surface area contributed by atoms with E-state index in [4.69, 9.17) is 40.5 Å². The average molecular weight is 764 g/mol. The number of amides is 1. The molecule has 0 N–H and O–H groups in total. The molecule has 1 aromatic heterocycles. The van der Waals surface area contributed by atoms with Crippen molar-refractivity contribution in [2.45, 2.75) is 46.6 Å². The number of fused-ring (bicyclic) bond motifs is 2. The number of anilines is 1. The summed E-state index contributed by atoms with van der Waals surface area (Å²) in [7, 11) is 0. The van der Waals surface area contributed by atoms with Crippen molar-refractivity contribution in [3.63, 3.8) is 0 Å². The summed E-state index contributed by atoms with van der Waals surface area (Å²) in [5.74, 6) is 3.68. The molecule has 1 amide bonds. The number of halogens is 1. The van der Waals surface area contributed by atoms with E-state index >= 15 is 0 Å². The van der Waals surface area contributed by atoms with Crippen LogP contribution in [0.15, 0.2) is 78.9 Å². The summed E-state index contributed by atoms with van der Waals surface area (Å²) >= 11 is 6.40. The lowest BCUT2D eigenvalue weighted by Crippen LogP contribution is -2.52. The fourth-order valence-corrected chi connectivity index (χ4v) is 7.82. The smallest absolute Gasteiger partial charge is 0.237 e. The van der Waals surface area contributed by atoms with Gasteiger partial charge in [0.15, 0.2) is 23.0 Å². The number of aromatic nitrogens is 2. The van der Waals surface area contributed by atoms with Gasteiger partial charge in [-0.3, -0.25) is 9.69 Å². The molecule has 10 nitrogen and oxygen atoms in total. The van der Waals surface area contributed by atoms with Gasteiger partial charge >= 0.3 is 0 Å². The van der Waals surface area contributed by atoms with Gasteiger partial charge in [-0.1, -0.05) is 48.0 Å². The number of rotatable bonds is 14. The lowest BCUT2D eigenvalue weighted by Gasteiger charge is -2.40. The van der Waals surface area contributed by atoms with Gasteiger partial charge in [-0.2, -0.15) is 0 Å². The first-order valence-electron chi connectivity index (χ1n) is 19.5. The number of carbonyl (C=O) groups is 1. The highest BCUT2D eigenvalue weighted by Crippen LogP contribution is 2.41. The number of benzene rings is 4. The third-order valence-electron chi connectivity index (χ3n) is 10.2. The van der Waals surface area contributed by atoms with Crippen molar-refractivity contribution in [3.8, 4) is 34.3 Å². The Bertz CT molecular complexity index is 2110. The van der Waals surface area contributed by atoms with Crippen LogP contribution in [-0.2, 0) is 17.6 Å². The topological polar surface area (TPSA) is 89.5 Å². The monoisotopic (exact) mass is 763 g/mol. The largest absolute Gasteiger partial charge is 0.490 e. The van der Waals surface area contributed by atoms with E-state index in [0.717, 1.165) is 51.2 Å². The van der Waals surface area contributed by atoms with E-state index < -0.39 is 0 Å². The number of hydrogen-bond donors (Lipinski definition) is 0. The molecule has 5 aromatic rings. The first-order chi connectivity index (χ1) is 26.9. The summed E-state index contributed by atoms with van der Waals surface area (Å²) in [6.45, 7) is 13.8. The van der Waals surface area contributed by atoms with Crippen LogP contribution in [0, 0.1) is 0 Å². The minimum absolute atomic E-state index is 0.108. The zero-order valence-electron chi connectivity index (χ0n) is 32.2. The van der Waals surface area contributed by atoms with Crippen LogP contribution in [0.2, 0.25) is 5.02 Å². The molecule has 1 saturated heterocycles. The summed E-state index contributed by atoms with van der Waals surface area (Å²) in [6, 6.07) is 26.0. The van der Waals surface area contributed by atoms with Gasteiger partial charge in [0.25, 0.3) is 0 Å². The van der Waals surface area contributed by atoms with E-state index in [1.165, 1.54) is 5.56 Å². The molecule has 0 spiro atoms. The second-order valence-electron chi connectivity index (χ2n) is 13.7. The van der Waals surface area contributed by atoms with Crippen LogP contribution in [0.5, 0.6) is 23.0 Å². The maximum atomic E-state index is 14.4. The van der Waals surface area contributed by atoms with Gasteiger partial charge < -0.3 is 28.7 Å². The minimum Gasteiger partial charge on any atom is -0.490 e. The Balaban J connectivity index is 1.12. The highest BCUT2D eigenvalue weighted by Gasteiger charge is 2.34. The van der Waals surface area contributed by atoms with E-state index in [1.54, 1.807) is 0 Å². The standard InChI is InChI=1S/C44H50ClN5O5/c1-5-52-38-17-14-30(25-39(38)53-6-2)24-37-34-28-41(55-8-4)40(54-7-3)26-32(34)18-19-50(37)42(51)29-48-20-22-49(23-21-48)44-46-36-16-15-33(45)27-35(36)43(47-44)31-12-10-9-11-13-31/h9-17,25-28,37H,5-8,18-24,29H2,1-4H3. The lowest BCUT2D eigenvalue weighted by molar-refractivity contribution is -0.135. The second kappa shape index (κ2) is 17.6. The fourth-order valence-electron chi connectivity index (χ4n) is 7.64. The Hall–Kier alpha value is -5.06. The maximum Gasteiger partial charge on any atom is 0.237 e. The number of ether oxygens (including phenoxy) is 4. The first-order valence-corrected chi connectivity index (χ1v) is 19.9. The van der Waals surface area contributed by atoms with Crippen molar-refractivity contribution in [2.24, 2.45) is 0 Å². The van der Waals surface area contributed by atoms with Crippen molar-refractivity contribution in [1.82, 2.24) is 19.8 Å². The summed E-state index contributed by atoms with van der Waals surface area (Å²) in [4.78, 5) is 31.0. The summed E-state index contributed by atoms with van der Waals surface area (Å²) in [5.41, 5.74) is 6.06. The van der Waals surface area contributed by atoms with Gasteiger partial charge in [0.05, 0.1) is 50.2 Å². The zero-order valence-corrected chi connectivity index (χ0v) is 33.0. The SMILES string of the molecule is CCOc1ccc(CC2c3cc(OCC)c(OCC)cc3CCN2C(=O)CN2CCN(c3nc(-c4ccccc4)c4cc(Cl)ccc4n3)CC2)cc1OCC. The molecule has 2 aliphatic heterocycles. The van der Waals surface area contributed by atoms with Crippen LogP contribution in [0.1, 0.15) is 50.4 Å². The Kier molecular flexibility index (Phi) is 12.2. The Morgan fingerprint density at radius 1 is 0.727 bits per heavy atom. The minimum atomic E-state index is -0.198. The van der Waals surface area contributed by atoms with Crippen LogP contribution in [-0.4, -0.2) is 91.4 Å². The Morgan fingerprint density at radius 2 is 1.40 bits per heavy atom. The maximum absolute atomic E-state index is 14.4. The van der Waals surface area contributed by atoms with E-state index in [9.17, 15) is 4.79 Å². The van der Waals surface area contributed by atoms with Gasteiger partial charge in [-0.05, 0) is 99.7 Å². The number of nitrogens with zero attached hydrogens (tertiary/aromatic N) is 5. The molecular weight excluding hydrogens is 714 g/mol. The zero-order chi connectivity index (χ0) is 38.3. The van der Waals surface area contributed by atoms with E-state index in [0.29, 0.717) is 94.6 Å². The molecule has 1 fully saturated rings. The second-order valence-corrected chi connectivity index (χ2v) is 14.2. The van der Waals surface area contributed by atoms with Gasteiger partial charge in [-0.25, -0.2) is 9.97 Å². The van der Waals surface area contributed by atoms with Crippen molar-refractivity contribution >= 4 is 34.4 Å². The van der Waals surface area contributed by atoms with Crippen molar-refractivity contribution in [3.05, 3.63) is 101 Å². The molecule has 1 atom stereocenters. The predicted molar refractivity (Wildman–Crippen MR) is 218 cm³/mol. The molecular formula is C44H50ClN5O5. The van der Waals surface area contributed by atoms with E-state index in [-0.39, 0.29) is 11.9 Å². The third kappa shape index (κ3) is 8.61. The highest BCUT2D eigenvalue weighted by atomic mass is 35.5. The van der Waals surface area contributed by atoms with Gasteiger partial charge in [0.1, 0.15) is 0 Å². The van der Waals surface area contributed by atoms with Crippen LogP contribution in [0.3, 0.4) is 0 Å². The molecule has 0 radical (unpaired) electrons. The molecule has 0 aliphatic carbocycles. The van der Waals surface area contributed by atoms with Crippen LogP contribution < -0.4 is 23.8 Å². The molecule has 7 rings (SSSR count). The average Bonchev–Trinajstić information content (AvgIpc) is 3.20. The Labute approximate surface area is 328 Å². The molecule has 288 valence electrons.